The summed E-state index contributed by atoms with van der Waals surface area (Å²) >= 11 is 0. The van der Waals surface area contributed by atoms with Crippen molar-refractivity contribution in [2.45, 2.75) is 424 Å². The summed E-state index contributed by atoms with van der Waals surface area (Å²) in [4.78, 5) is 37.5. The van der Waals surface area contributed by atoms with Gasteiger partial charge >= 0.3 is 11.9 Å². The number of aliphatic carboxylic acids is 1. The van der Waals surface area contributed by atoms with Gasteiger partial charge in [-0.1, -0.05) is 386 Å². The molecule has 0 aliphatic heterocycles. The van der Waals surface area contributed by atoms with Crippen LogP contribution in [0.1, 0.15) is 412 Å². The van der Waals surface area contributed by atoms with Crippen LogP contribution in [0.3, 0.4) is 0 Å². The zero-order valence-electron chi connectivity index (χ0n) is 58.0. The largest absolute Gasteiger partial charge is 0.545 e. The Bertz CT molecular complexity index is 1350. The van der Waals surface area contributed by atoms with E-state index in [1.165, 1.54) is 347 Å². The highest BCUT2D eigenvalue weighted by molar-refractivity contribution is 5.70. The maximum absolute atomic E-state index is 12.9. The smallest absolute Gasteiger partial charge is 0.306 e. The van der Waals surface area contributed by atoms with E-state index in [0.29, 0.717) is 17.4 Å². The Morgan fingerprint density at radius 1 is 0.306 bits per heavy atom. The Balaban J connectivity index is 3.95. The van der Waals surface area contributed by atoms with Crippen molar-refractivity contribution in [1.82, 2.24) is 0 Å². The summed E-state index contributed by atoms with van der Waals surface area (Å²) in [6.45, 7) is 4.85. The number of unbranched alkanes of at least 4 members (excludes halogenated alkanes) is 58. The molecule has 0 saturated heterocycles. The average Bonchev–Trinajstić information content (AvgIpc) is 3.48. The number of esters is 2. The van der Waals surface area contributed by atoms with Gasteiger partial charge in [0.1, 0.15) is 13.2 Å². The molecule has 0 aromatic heterocycles. The van der Waals surface area contributed by atoms with E-state index in [4.69, 9.17) is 18.9 Å². The summed E-state index contributed by atoms with van der Waals surface area (Å²) in [5.41, 5.74) is 0. The van der Waals surface area contributed by atoms with Crippen LogP contribution in [-0.2, 0) is 33.3 Å². The van der Waals surface area contributed by atoms with Crippen molar-refractivity contribution in [3.05, 3.63) is 0 Å². The van der Waals surface area contributed by atoms with E-state index < -0.39 is 24.3 Å². The fourth-order valence-corrected chi connectivity index (χ4v) is 12.0. The lowest BCUT2D eigenvalue weighted by Gasteiger charge is -2.26. The summed E-state index contributed by atoms with van der Waals surface area (Å²) in [6.07, 6.45) is 79.4. The Hall–Kier alpha value is -1.71. The summed E-state index contributed by atoms with van der Waals surface area (Å²) < 4.78 is 22.9. The number of carbonyl (C=O) groups excluding carboxylic acids is 3. The van der Waals surface area contributed by atoms with E-state index in [9.17, 15) is 19.5 Å². The molecule has 0 fully saturated rings. The molecule has 0 aliphatic rings. The van der Waals surface area contributed by atoms with E-state index in [-0.39, 0.29) is 32.2 Å². The zero-order chi connectivity index (χ0) is 61.9. The molecule has 85 heavy (non-hydrogen) atoms. The highest BCUT2D eigenvalue weighted by Crippen LogP contribution is 2.20. The number of nitrogens with zero attached hydrogens (tertiary/aromatic N) is 1. The number of carboxylic acid groups (broad SMARTS) is 1. The highest BCUT2D eigenvalue weighted by atomic mass is 16.7. The minimum Gasteiger partial charge on any atom is -0.545 e. The standard InChI is InChI=1S/C76H149NO8/c1-6-8-10-12-14-16-18-20-22-24-26-28-30-32-33-34-35-36-37-38-39-40-41-42-43-45-47-49-51-53-55-57-59-61-63-65-67-74(79)85-72(71-84-76(75(80)81)82-69-68-77(3,4)5)70-83-73(78)66-64-62-60-58-56-54-52-50-48-46-44-31-29-27-25-23-21-19-17-15-13-11-9-7-2/h72,76H,6-71H2,1-5H3. The first-order valence-electron chi connectivity index (χ1n) is 38.2. The maximum atomic E-state index is 12.9. The van der Waals surface area contributed by atoms with Crippen molar-refractivity contribution >= 4 is 17.9 Å². The first kappa shape index (κ1) is 83.3. The Morgan fingerprint density at radius 3 is 0.753 bits per heavy atom. The molecule has 506 valence electrons. The normalized spacial score (nSPS) is 12.5. The molecule has 0 aromatic carbocycles. The molecule has 0 rings (SSSR count). The molecule has 0 saturated carbocycles. The van der Waals surface area contributed by atoms with E-state index in [1.54, 1.807) is 0 Å². The Labute approximate surface area is 530 Å². The minimum absolute atomic E-state index is 0.154. The van der Waals surface area contributed by atoms with Gasteiger partial charge in [-0.2, -0.15) is 0 Å². The molecular weight excluding hydrogens is 1050 g/mol. The highest BCUT2D eigenvalue weighted by Gasteiger charge is 2.22. The average molecular weight is 1210 g/mol. The van der Waals surface area contributed by atoms with E-state index >= 15 is 0 Å². The van der Waals surface area contributed by atoms with Crippen molar-refractivity contribution in [3.8, 4) is 0 Å². The van der Waals surface area contributed by atoms with Gasteiger partial charge in [-0.05, 0) is 12.8 Å². The van der Waals surface area contributed by atoms with E-state index in [0.717, 1.165) is 38.5 Å². The number of rotatable bonds is 73. The predicted octanol–water partition coefficient (Wildman–Crippen LogP) is 22.5. The predicted molar refractivity (Wildman–Crippen MR) is 362 cm³/mol. The topological polar surface area (TPSA) is 111 Å². The van der Waals surface area contributed by atoms with Crippen molar-refractivity contribution < 1.29 is 42.9 Å². The van der Waals surface area contributed by atoms with Gasteiger partial charge in [-0.25, -0.2) is 0 Å². The lowest BCUT2D eigenvalue weighted by molar-refractivity contribution is -0.870. The fraction of sp³-hybridized carbons (Fsp3) is 0.961. The minimum atomic E-state index is -1.62. The molecule has 9 heteroatoms. The Morgan fingerprint density at radius 2 is 0.529 bits per heavy atom. The van der Waals surface area contributed by atoms with Gasteiger partial charge in [0.05, 0.1) is 40.3 Å². The van der Waals surface area contributed by atoms with Crippen LogP contribution in [0.2, 0.25) is 0 Å². The van der Waals surface area contributed by atoms with Crippen LogP contribution in [0.4, 0.5) is 0 Å². The Kier molecular flexibility index (Phi) is 66.8. The molecular formula is C76H149NO8. The van der Waals surface area contributed by atoms with Crippen molar-refractivity contribution in [1.29, 1.82) is 0 Å². The zero-order valence-corrected chi connectivity index (χ0v) is 58.0. The molecule has 0 aliphatic carbocycles. The second-order valence-corrected chi connectivity index (χ2v) is 27.7. The third-order valence-electron chi connectivity index (χ3n) is 17.9. The van der Waals surface area contributed by atoms with Gasteiger partial charge < -0.3 is 33.3 Å². The first-order valence-corrected chi connectivity index (χ1v) is 38.2. The van der Waals surface area contributed by atoms with Crippen LogP contribution in [0, 0.1) is 0 Å². The lowest BCUT2D eigenvalue weighted by Crippen LogP contribution is -2.44. The van der Waals surface area contributed by atoms with Crippen LogP contribution in [0.5, 0.6) is 0 Å². The molecule has 2 unspecified atom stereocenters. The van der Waals surface area contributed by atoms with Gasteiger partial charge in [-0.15, -0.1) is 0 Å². The quantitative estimate of drug-likeness (QED) is 0.0256. The van der Waals surface area contributed by atoms with Gasteiger partial charge in [-0.3, -0.25) is 9.59 Å². The molecule has 0 radical (unpaired) electrons. The third-order valence-corrected chi connectivity index (χ3v) is 17.9. The molecule has 0 aromatic rings. The summed E-state index contributed by atoms with van der Waals surface area (Å²) in [6, 6.07) is 0. The van der Waals surface area contributed by atoms with Crippen LogP contribution < -0.4 is 5.11 Å². The number of carbonyl (C=O) groups is 3. The van der Waals surface area contributed by atoms with Crippen molar-refractivity contribution in [2.75, 3.05) is 47.5 Å². The molecule has 9 nitrogen and oxygen atoms in total. The number of hydrogen-bond acceptors (Lipinski definition) is 8. The maximum Gasteiger partial charge on any atom is 0.306 e. The van der Waals surface area contributed by atoms with Gasteiger partial charge in [0.15, 0.2) is 12.4 Å². The van der Waals surface area contributed by atoms with Crippen LogP contribution in [-0.4, -0.2) is 82.3 Å². The summed E-state index contributed by atoms with van der Waals surface area (Å²) in [7, 11) is 5.95. The van der Waals surface area contributed by atoms with Crippen LogP contribution in [0.25, 0.3) is 0 Å². The summed E-state index contributed by atoms with van der Waals surface area (Å²) in [5.74, 6) is -2.24. The molecule has 0 spiro atoms. The number of likely N-dealkylation sites (N-methyl/N-ethyl adjacent to an activating group) is 1. The first-order chi connectivity index (χ1) is 41.6. The number of hydrogen-bond donors (Lipinski definition) is 0. The third kappa shape index (κ3) is 69.6. The van der Waals surface area contributed by atoms with E-state index in [2.05, 4.69) is 13.8 Å². The number of carboxylic acids is 1. The fourth-order valence-electron chi connectivity index (χ4n) is 12.0. The van der Waals surface area contributed by atoms with Gasteiger partial charge in [0.2, 0.25) is 0 Å². The molecule has 0 amide bonds. The molecule has 0 N–H and O–H groups in total. The number of quaternary nitrogens is 1. The SMILES string of the molecule is CCCCCCCCCCCCCCCCCCCCCCCCCCCCCCCCCCCCCCC(=O)OC(COC(=O)CCCCCCCCCCCCCCCCCCCCCCCCCC)COC(OCC[N+](C)(C)C)C(=O)[O-]. The lowest BCUT2D eigenvalue weighted by atomic mass is 10.0. The van der Waals surface area contributed by atoms with Gasteiger partial charge in [0, 0.05) is 12.8 Å². The van der Waals surface area contributed by atoms with Crippen LogP contribution >= 0.6 is 0 Å². The molecule has 0 heterocycles. The monoisotopic (exact) mass is 1200 g/mol. The van der Waals surface area contributed by atoms with Crippen LogP contribution in [0.15, 0.2) is 0 Å². The molecule has 2 atom stereocenters. The van der Waals surface area contributed by atoms with Crippen molar-refractivity contribution in [3.63, 3.8) is 0 Å². The van der Waals surface area contributed by atoms with Crippen molar-refractivity contribution in [2.24, 2.45) is 0 Å². The second kappa shape index (κ2) is 68.2. The molecule has 0 bridgehead atoms. The second-order valence-electron chi connectivity index (χ2n) is 27.7. The summed E-state index contributed by atoms with van der Waals surface area (Å²) in [5, 5.41) is 11.8. The van der Waals surface area contributed by atoms with E-state index in [1.807, 2.05) is 21.1 Å². The number of ether oxygens (including phenoxy) is 4. The van der Waals surface area contributed by atoms with Gasteiger partial charge in [0.25, 0.3) is 0 Å².